The van der Waals surface area contributed by atoms with Crippen molar-refractivity contribution in [1.29, 1.82) is 0 Å². The fourth-order valence-corrected chi connectivity index (χ4v) is 2.41. The van der Waals surface area contributed by atoms with E-state index in [1.54, 1.807) is 0 Å². The quantitative estimate of drug-likeness (QED) is 0.809. The third-order valence-electron chi connectivity index (χ3n) is 3.34. The van der Waals surface area contributed by atoms with E-state index in [1.165, 1.54) is 19.3 Å². The molecule has 1 saturated heterocycles. The van der Waals surface area contributed by atoms with E-state index in [2.05, 4.69) is 15.5 Å². The van der Waals surface area contributed by atoms with Crippen molar-refractivity contribution in [3.8, 4) is 0 Å². The molecule has 1 unspecified atom stereocenters. The Bertz CT molecular complexity index is 513. The fraction of sp³-hybridized carbons (Fsp3) is 0.500. The van der Waals surface area contributed by atoms with Gasteiger partial charge in [-0.2, -0.15) is 0 Å². The molecule has 2 aromatic heterocycles. The molecule has 1 aliphatic rings. The number of piperidine rings is 1. The molecule has 2 aromatic rings. The normalized spacial score (nSPS) is 20.8. The summed E-state index contributed by atoms with van der Waals surface area (Å²) < 4.78 is 1.99. The van der Waals surface area contributed by atoms with Gasteiger partial charge in [0.15, 0.2) is 5.65 Å². The van der Waals surface area contributed by atoms with Crippen LogP contribution in [-0.2, 0) is 6.42 Å². The van der Waals surface area contributed by atoms with E-state index in [4.69, 9.17) is 5.73 Å². The molecule has 0 aromatic carbocycles. The van der Waals surface area contributed by atoms with Crippen LogP contribution < -0.4 is 11.1 Å². The second-order valence-corrected chi connectivity index (χ2v) is 4.66. The topological polar surface area (TPSA) is 68.2 Å². The molecule has 0 spiro atoms. The van der Waals surface area contributed by atoms with Crippen molar-refractivity contribution in [3.63, 3.8) is 0 Å². The van der Waals surface area contributed by atoms with Crippen LogP contribution in [0.4, 0.5) is 5.69 Å². The number of nitrogen functional groups attached to an aromatic ring is 1. The van der Waals surface area contributed by atoms with E-state index in [0.29, 0.717) is 6.04 Å². The Labute approximate surface area is 100 Å². The molecule has 1 fully saturated rings. The van der Waals surface area contributed by atoms with Crippen molar-refractivity contribution >= 4 is 11.3 Å². The zero-order chi connectivity index (χ0) is 11.7. The highest BCUT2D eigenvalue weighted by molar-refractivity contribution is 5.47. The molecule has 5 nitrogen and oxygen atoms in total. The maximum absolute atomic E-state index is 5.79. The smallest absolute Gasteiger partial charge is 0.160 e. The van der Waals surface area contributed by atoms with Gasteiger partial charge in [0, 0.05) is 24.3 Å². The number of fused-ring (bicyclic) bond motifs is 1. The SMILES string of the molecule is Nc1ccc2nnc(CC3CCCCN3)n2c1. The molecule has 0 amide bonds. The van der Waals surface area contributed by atoms with Crippen LogP contribution in [0.15, 0.2) is 18.3 Å². The first-order valence-corrected chi connectivity index (χ1v) is 6.15. The van der Waals surface area contributed by atoms with Gasteiger partial charge in [-0.3, -0.25) is 4.40 Å². The zero-order valence-corrected chi connectivity index (χ0v) is 9.76. The van der Waals surface area contributed by atoms with Crippen molar-refractivity contribution in [2.45, 2.75) is 31.7 Å². The molecule has 3 rings (SSSR count). The second-order valence-electron chi connectivity index (χ2n) is 4.66. The zero-order valence-electron chi connectivity index (χ0n) is 9.76. The van der Waals surface area contributed by atoms with Crippen LogP contribution in [0.25, 0.3) is 5.65 Å². The summed E-state index contributed by atoms with van der Waals surface area (Å²) in [5.74, 6) is 0.992. The molecule has 1 atom stereocenters. The Hall–Kier alpha value is -1.62. The van der Waals surface area contributed by atoms with E-state index in [-0.39, 0.29) is 0 Å². The van der Waals surface area contributed by atoms with Crippen LogP contribution in [-0.4, -0.2) is 27.2 Å². The number of anilines is 1. The number of nitrogens with zero attached hydrogens (tertiary/aromatic N) is 3. The van der Waals surface area contributed by atoms with Crippen LogP contribution in [0.1, 0.15) is 25.1 Å². The van der Waals surface area contributed by atoms with E-state index in [1.807, 2.05) is 22.7 Å². The van der Waals surface area contributed by atoms with Gasteiger partial charge in [-0.1, -0.05) is 6.42 Å². The molecule has 17 heavy (non-hydrogen) atoms. The van der Waals surface area contributed by atoms with Crippen LogP contribution in [0, 0.1) is 0 Å². The number of nitrogens with one attached hydrogen (secondary N) is 1. The highest BCUT2D eigenvalue weighted by Gasteiger charge is 2.16. The Morgan fingerprint density at radius 3 is 3.12 bits per heavy atom. The predicted octanol–water partition coefficient (Wildman–Crippen LogP) is 0.996. The number of aromatic nitrogens is 3. The Morgan fingerprint density at radius 2 is 2.29 bits per heavy atom. The summed E-state index contributed by atoms with van der Waals surface area (Å²) in [6.45, 7) is 1.11. The van der Waals surface area contributed by atoms with E-state index in [0.717, 1.165) is 30.1 Å². The van der Waals surface area contributed by atoms with Crippen molar-refractivity contribution < 1.29 is 0 Å². The Balaban J connectivity index is 1.86. The van der Waals surface area contributed by atoms with Crippen molar-refractivity contribution in [2.75, 3.05) is 12.3 Å². The fourth-order valence-electron chi connectivity index (χ4n) is 2.41. The average Bonchev–Trinajstić information content (AvgIpc) is 2.73. The van der Waals surface area contributed by atoms with Crippen molar-refractivity contribution in [2.24, 2.45) is 0 Å². The van der Waals surface area contributed by atoms with Gasteiger partial charge in [0.25, 0.3) is 0 Å². The summed E-state index contributed by atoms with van der Waals surface area (Å²) in [6, 6.07) is 4.28. The van der Waals surface area contributed by atoms with E-state index >= 15 is 0 Å². The maximum Gasteiger partial charge on any atom is 0.160 e. The van der Waals surface area contributed by atoms with Gasteiger partial charge in [-0.05, 0) is 31.5 Å². The summed E-state index contributed by atoms with van der Waals surface area (Å²) in [6.07, 6.45) is 6.62. The van der Waals surface area contributed by atoms with Gasteiger partial charge >= 0.3 is 0 Å². The van der Waals surface area contributed by atoms with E-state index < -0.39 is 0 Å². The standard InChI is InChI=1S/C12H17N5/c13-9-4-5-11-15-16-12(17(11)8-9)7-10-3-1-2-6-14-10/h4-5,8,10,14H,1-3,6-7,13H2. The largest absolute Gasteiger partial charge is 0.398 e. The van der Waals surface area contributed by atoms with Gasteiger partial charge in [0.2, 0.25) is 0 Å². The molecule has 3 heterocycles. The van der Waals surface area contributed by atoms with Gasteiger partial charge < -0.3 is 11.1 Å². The first-order chi connectivity index (χ1) is 8.33. The highest BCUT2D eigenvalue weighted by Crippen LogP contribution is 2.14. The summed E-state index contributed by atoms with van der Waals surface area (Å²) >= 11 is 0. The molecular weight excluding hydrogens is 214 g/mol. The lowest BCUT2D eigenvalue weighted by Crippen LogP contribution is -2.36. The van der Waals surface area contributed by atoms with Crippen molar-refractivity contribution in [3.05, 3.63) is 24.2 Å². The lowest BCUT2D eigenvalue weighted by Gasteiger charge is -2.22. The maximum atomic E-state index is 5.79. The van der Waals surface area contributed by atoms with Crippen LogP contribution in [0.5, 0.6) is 0 Å². The molecule has 0 radical (unpaired) electrons. The molecule has 0 saturated carbocycles. The van der Waals surface area contributed by atoms with E-state index in [9.17, 15) is 0 Å². The number of nitrogens with two attached hydrogens (primary N) is 1. The molecule has 3 N–H and O–H groups in total. The lowest BCUT2D eigenvalue weighted by atomic mass is 10.0. The molecule has 0 bridgehead atoms. The summed E-state index contributed by atoms with van der Waals surface area (Å²) in [5, 5.41) is 11.9. The number of pyridine rings is 1. The number of hydrogen-bond donors (Lipinski definition) is 2. The highest BCUT2D eigenvalue weighted by atomic mass is 15.2. The molecular formula is C12H17N5. The first-order valence-electron chi connectivity index (χ1n) is 6.15. The molecule has 0 aliphatic carbocycles. The third-order valence-corrected chi connectivity index (χ3v) is 3.34. The minimum Gasteiger partial charge on any atom is -0.398 e. The summed E-state index contributed by atoms with van der Waals surface area (Å²) in [7, 11) is 0. The van der Waals surface area contributed by atoms with Crippen molar-refractivity contribution in [1.82, 2.24) is 19.9 Å². The van der Waals surface area contributed by atoms with Gasteiger partial charge in [-0.25, -0.2) is 0 Å². The molecule has 90 valence electrons. The van der Waals surface area contributed by atoms with Gasteiger partial charge in [0.05, 0.1) is 0 Å². The summed E-state index contributed by atoms with van der Waals surface area (Å²) in [4.78, 5) is 0. The Morgan fingerprint density at radius 1 is 1.35 bits per heavy atom. The molecule has 5 heteroatoms. The van der Waals surface area contributed by atoms with Gasteiger partial charge in [-0.15, -0.1) is 10.2 Å². The minimum absolute atomic E-state index is 0.526. The first kappa shape index (κ1) is 10.5. The minimum atomic E-state index is 0.526. The Kier molecular flexibility index (Phi) is 2.68. The monoisotopic (exact) mass is 231 g/mol. The average molecular weight is 231 g/mol. The third kappa shape index (κ3) is 2.10. The number of rotatable bonds is 2. The second kappa shape index (κ2) is 4.33. The molecule has 1 aliphatic heterocycles. The predicted molar refractivity (Wildman–Crippen MR) is 66.7 cm³/mol. The lowest BCUT2D eigenvalue weighted by molar-refractivity contribution is 0.393. The summed E-state index contributed by atoms with van der Waals surface area (Å²) in [5.41, 5.74) is 7.40. The van der Waals surface area contributed by atoms with Crippen LogP contribution >= 0.6 is 0 Å². The van der Waals surface area contributed by atoms with Crippen LogP contribution in [0.2, 0.25) is 0 Å². The van der Waals surface area contributed by atoms with Crippen LogP contribution in [0.3, 0.4) is 0 Å². The van der Waals surface area contributed by atoms with Gasteiger partial charge in [0.1, 0.15) is 5.82 Å². The number of hydrogen-bond acceptors (Lipinski definition) is 4.